The van der Waals surface area contributed by atoms with Gasteiger partial charge in [0.2, 0.25) is 0 Å². The number of carbonyl (C=O) groups excluding carboxylic acids is 1. The van der Waals surface area contributed by atoms with Crippen molar-refractivity contribution in [1.82, 2.24) is 0 Å². The Morgan fingerprint density at radius 3 is 2.42 bits per heavy atom. The molecule has 0 aliphatic carbocycles. The van der Waals surface area contributed by atoms with E-state index in [0.29, 0.717) is 23.9 Å². The number of carbonyl (C=O) groups is 1. The highest BCUT2D eigenvalue weighted by molar-refractivity contribution is 7.46. The largest absolute Gasteiger partial charge is 0.470 e. The molecule has 0 heterocycles. The number of phosphoric acid groups is 1. The van der Waals surface area contributed by atoms with Crippen LogP contribution >= 0.6 is 7.82 Å². The summed E-state index contributed by atoms with van der Waals surface area (Å²) in [5, 5.41) is 0. The van der Waals surface area contributed by atoms with E-state index in [1.165, 1.54) is 0 Å². The molecule has 0 amide bonds. The predicted molar refractivity (Wildman–Crippen MR) is 70.2 cm³/mol. The molecule has 0 radical (unpaired) electrons. The second-order valence-corrected chi connectivity index (χ2v) is 6.40. The van der Waals surface area contributed by atoms with Crippen molar-refractivity contribution in [3.63, 3.8) is 0 Å². The molecule has 0 aromatic rings. The van der Waals surface area contributed by atoms with Gasteiger partial charge in [-0.25, -0.2) is 9.36 Å². The Balaban J connectivity index is 4.23. The van der Waals surface area contributed by atoms with Crippen LogP contribution in [-0.2, 0) is 18.6 Å². The van der Waals surface area contributed by atoms with Gasteiger partial charge in [0.25, 0.3) is 0 Å². The Bertz CT molecular complexity index is 346. The number of hydrogen-bond acceptors (Lipinski definition) is 4. The maximum Gasteiger partial charge on any atom is 0.470 e. The van der Waals surface area contributed by atoms with E-state index >= 15 is 0 Å². The monoisotopic (exact) mass is 296 g/mol. The second-order valence-electron chi connectivity index (χ2n) is 5.20. The molecular weight excluding hydrogens is 273 g/mol. The first kappa shape index (κ1) is 18.3. The molecule has 0 aromatic heterocycles. The van der Waals surface area contributed by atoms with Gasteiger partial charge in [-0.1, -0.05) is 6.58 Å². The molecular formula is C11H23NO6P+. The van der Waals surface area contributed by atoms with Crippen LogP contribution < -0.4 is 0 Å². The van der Waals surface area contributed by atoms with E-state index in [1.807, 2.05) is 21.1 Å². The Labute approximate surface area is 113 Å². The molecule has 0 spiro atoms. The smallest absolute Gasteiger partial charge is 0.463 e. The predicted octanol–water partition coefficient (Wildman–Crippen LogP) is 0.680. The number of quaternary nitrogens is 1. The summed E-state index contributed by atoms with van der Waals surface area (Å²) in [6.07, 6.45) is 1.33. The van der Waals surface area contributed by atoms with Gasteiger partial charge in [-0.05, 0) is 12.8 Å². The quantitative estimate of drug-likeness (QED) is 0.214. The van der Waals surface area contributed by atoms with Crippen molar-refractivity contribution < 1.29 is 32.9 Å². The minimum atomic E-state index is -4.52. The van der Waals surface area contributed by atoms with E-state index in [4.69, 9.17) is 19.0 Å². The van der Waals surface area contributed by atoms with Crippen LogP contribution in [0.3, 0.4) is 0 Å². The van der Waals surface area contributed by atoms with E-state index in [9.17, 15) is 9.36 Å². The molecule has 0 aliphatic heterocycles. The SMILES string of the molecule is C=CC(=O)OCCCC(C[N+](C)(C)C)OP(=O)(O)O. The van der Waals surface area contributed by atoms with E-state index in [1.54, 1.807) is 0 Å². The van der Waals surface area contributed by atoms with Gasteiger partial charge in [0.15, 0.2) is 0 Å². The fourth-order valence-corrected chi connectivity index (χ4v) is 2.09. The zero-order valence-electron chi connectivity index (χ0n) is 11.6. The summed E-state index contributed by atoms with van der Waals surface area (Å²) in [7, 11) is 1.17. The average molecular weight is 296 g/mol. The van der Waals surface area contributed by atoms with Crippen molar-refractivity contribution in [3.05, 3.63) is 12.7 Å². The number of rotatable bonds is 9. The first-order valence-electron chi connectivity index (χ1n) is 5.87. The Morgan fingerprint density at radius 1 is 1.42 bits per heavy atom. The highest BCUT2D eigenvalue weighted by atomic mass is 31.2. The molecule has 7 nitrogen and oxygen atoms in total. The maximum atomic E-state index is 10.9. The second kappa shape index (κ2) is 7.77. The Morgan fingerprint density at radius 2 is 2.00 bits per heavy atom. The molecule has 0 aromatic carbocycles. The molecule has 0 aliphatic rings. The molecule has 0 fully saturated rings. The highest BCUT2D eigenvalue weighted by Crippen LogP contribution is 2.38. The topological polar surface area (TPSA) is 93.1 Å². The summed E-state index contributed by atoms with van der Waals surface area (Å²) in [4.78, 5) is 28.5. The van der Waals surface area contributed by atoms with Crippen LogP contribution in [0.1, 0.15) is 12.8 Å². The van der Waals surface area contributed by atoms with Gasteiger partial charge in [0.1, 0.15) is 12.6 Å². The zero-order chi connectivity index (χ0) is 15.1. The molecule has 1 atom stereocenters. The highest BCUT2D eigenvalue weighted by Gasteiger charge is 2.26. The first-order chi connectivity index (χ1) is 8.53. The number of esters is 1. The van der Waals surface area contributed by atoms with Crippen molar-refractivity contribution in [3.8, 4) is 0 Å². The molecule has 19 heavy (non-hydrogen) atoms. The van der Waals surface area contributed by atoms with Crippen LogP contribution in [0, 0.1) is 0 Å². The lowest BCUT2D eigenvalue weighted by Gasteiger charge is -2.29. The van der Waals surface area contributed by atoms with Crippen LogP contribution in [0.25, 0.3) is 0 Å². The number of likely N-dealkylation sites (N-methyl/N-ethyl adjacent to an activating group) is 1. The molecule has 8 heteroatoms. The third kappa shape index (κ3) is 12.1. The van der Waals surface area contributed by atoms with Crippen molar-refractivity contribution in [2.75, 3.05) is 34.3 Å². The lowest BCUT2D eigenvalue weighted by atomic mass is 10.2. The van der Waals surface area contributed by atoms with Gasteiger partial charge in [-0.3, -0.25) is 4.52 Å². The van der Waals surface area contributed by atoms with Crippen LogP contribution in [0.2, 0.25) is 0 Å². The van der Waals surface area contributed by atoms with Crippen molar-refractivity contribution in [2.45, 2.75) is 18.9 Å². The fourth-order valence-electron chi connectivity index (χ4n) is 1.53. The van der Waals surface area contributed by atoms with Crippen LogP contribution in [0.4, 0.5) is 0 Å². The summed E-state index contributed by atoms with van der Waals surface area (Å²) in [5.41, 5.74) is 0. The van der Waals surface area contributed by atoms with Crippen LogP contribution in [0.15, 0.2) is 12.7 Å². The van der Waals surface area contributed by atoms with Gasteiger partial charge in [-0.15, -0.1) is 0 Å². The summed E-state index contributed by atoms with van der Waals surface area (Å²) in [6, 6.07) is 0. The number of nitrogens with zero attached hydrogens (tertiary/aromatic N) is 1. The van der Waals surface area contributed by atoms with Gasteiger partial charge in [-0.2, -0.15) is 0 Å². The number of ether oxygens (including phenoxy) is 1. The lowest BCUT2D eigenvalue weighted by molar-refractivity contribution is -0.873. The minimum Gasteiger partial charge on any atom is -0.463 e. The first-order valence-corrected chi connectivity index (χ1v) is 7.40. The third-order valence-electron chi connectivity index (χ3n) is 2.12. The summed E-state index contributed by atoms with van der Waals surface area (Å²) >= 11 is 0. The molecule has 2 N–H and O–H groups in total. The summed E-state index contributed by atoms with van der Waals surface area (Å²) in [6.45, 7) is 3.88. The van der Waals surface area contributed by atoms with Gasteiger partial charge >= 0.3 is 13.8 Å². The van der Waals surface area contributed by atoms with Crippen molar-refractivity contribution in [2.24, 2.45) is 0 Å². The lowest BCUT2D eigenvalue weighted by Crippen LogP contribution is -2.42. The number of hydrogen-bond donors (Lipinski definition) is 2. The minimum absolute atomic E-state index is 0.170. The van der Waals surface area contributed by atoms with Crippen molar-refractivity contribution in [1.29, 1.82) is 0 Å². The standard InChI is InChI=1S/C11H22NO6P/c1-5-11(13)17-8-6-7-10(9-12(2,3)4)18-19(14,15)16/h5,10H,1,6-9H2,2-4H3,(H-,14,15,16)/p+1. The molecule has 0 bridgehead atoms. The molecule has 0 saturated carbocycles. The van der Waals surface area contributed by atoms with Crippen LogP contribution in [-0.4, -0.2) is 60.6 Å². The molecule has 1 unspecified atom stereocenters. The molecule has 0 saturated heterocycles. The summed E-state index contributed by atoms with van der Waals surface area (Å²) in [5.74, 6) is -0.515. The van der Waals surface area contributed by atoms with E-state index in [0.717, 1.165) is 6.08 Å². The van der Waals surface area contributed by atoms with Gasteiger partial charge in [0, 0.05) is 6.08 Å². The van der Waals surface area contributed by atoms with Crippen LogP contribution in [0.5, 0.6) is 0 Å². The zero-order valence-corrected chi connectivity index (χ0v) is 12.5. The van der Waals surface area contributed by atoms with Gasteiger partial charge in [0.05, 0.1) is 27.7 Å². The van der Waals surface area contributed by atoms with Gasteiger partial charge < -0.3 is 19.0 Å². The number of phosphoric ester groups is 1. The van der Waals surface area contributed by atoms with E-state index < -0.39 is 19.9 Å². The maximum absolute atomic E-state index is 10.9. The van der Waals surface area contributed by atoms with E-state index in [2.05, 4.69) is 6.58 Å². The average Bonchev–Trinajstić information content (AvgIpc) is 2.19. The normalized spacial score (nSPS) is 13.9. The van der Waals surface area contributed by atoms with Crippen molar-refractivity contribution >= 4 is 13.8 Å². The van der Waals surface area contributed by atoms with E-state index in [-0.39, 0.29) is 6.61 Å². The summed E-state index contributed by atoms with van der Waals surface area (Å²) < 4.78 is 20.9. The Kier molecular flexibility index (Phi) is 7.47. The molecule has 112 valence electrons. The third-order valence-corrected chi connectivity index (χ3v) is 2.69. The Hall–Kier alpha value is -0.720. The molecule has 0 rings (SSSR count). The fraction of sp³-hybridized carbons (Fsp3) is 0.727.